The summed E-state index contributed by atoms with van der Waals surface area (Å²) >= 11 is 2.13. The van der Waals surface area contributed by atoms with E-state index in [2.05, 4.69) is 32.8 Å². The Hall–Kier alpha value is -0.520. The second-order valence-corrected chi connectivity index (χ2v) is 3.18. The quantitative estimate of drug-likeness (QED) is 0.725. The van der Waals surface area contributed by atoms with Gasteiger partial charge in [-0.1, -0.05) is 0 Å². The lowest BCUT2D eigenvalue weighted by Gasteiger charge is -1.78. The van der Waals surface area contributed by atoms with Crippen molar-refractivity contribution in [3.63, 3.8) is 0 Å². The summed E-state index contributed by atoms with van der Waals surface area (Å²) in [6.45, 7) is 1.94. The molecule has 52 valence electrons. The number of rotatable bonds is 0. The van der Waals surface area contributed by atoms with Gasteiger partial charge in [0.2, 0.25) is 0 Å². The van der Waals surface area contributed by atoms with Gasteiger partial charge in [0.15, 0.2) is 9.35 Å². The topological polar surface area (TPSA) is 41.8 Å². The molecule has 0 aromatic carbocycles. The van der Waals surface area contributed by atoms with E-state index in [1.165, 1.54) is 0 Å². The number of aromatic amines is 1. The molecule has 0 amide bonds. The molecule has 0 unspecified atom stereocenters. The fourth-order valence-corrected chi connectivity index (χ4v) is 1.41. The van der Waals surface area contributed by atoms with E-state index in [0.717, 1.165) is 20.6 Å². The second kappa shape index (κ2) is 1.98. The van der Waals surface area contributed by atoms with E-state index >= 15 is 0 Å². The predicted octanol–water partition coefficient (Wildman–Crippen LogP) is 2.07. The second-order valence-electron chi connectivity index (χ2n) is 2.11. The molecular formula is C6H5IN2O. The van der Waals surface area contributed by atoms with Crippen LogP contribution in [0, 0.1) is 10.7 Å². The lowest BCUT2D eigenvalue weighted by Crippen LogP contribution is -1.69. The Morgan fingerprint density at radius 1 is 1.70 bits per heavy atom. The number of hydrogen-bond acceptors (Lipinski definition) is 2. The number of aromatic nitrogens is 2. The number of nitrogens with zero attached hydrogens (tertiary/aromatic N) is 1. The molecule has 2 heterocycles. The fraction of sp³-hybridized carbons (Fsp3) is 0.167. The molecule has 0 aliphatic rings. The Kier molecular flexibility index (Phi) is 1.23. The van der Waals surface area contributed by atoms with E-state index in [1.54, 1.807) is 0 Å². The average Bonchev–Trinajstić information content (AvgIpc) is 2.35. The molecule has 0 radical (unpaired) electrons. The number of halogens is 1. The molecule has 0 bridgehead atoms. The molecule has 3 nitrogen and oxygen atoms in total. The highest BCUT2D eigenvalue weighted by Crippen LogP contribution is 2.20. The molecule has 0 atom stereocenters. The summed E-state index contributed by atoms with van der Waals surface area (Å²) in [5, 5.41) is 6.85. The van der Waals surface area contributed by atoms with Gasteiger partial charge < -0.3 is 4.42 Å². The maximum atomic E-state index is 5.33. The Bertz CT molecular complexity index is 363. The van der Waals surface area contributed by atoms with Crippen LogP contribution in [0.4, 0.5) is 0 Å². The SMILES string of the molecule is Cc1[nH]nc2cc(I)oc12. The van der Waals surface area contributed by atoms with Gasteiger partial charge in [-0.15, -0.1) is 0 Å². The highest BCUT2D eigenvalue weighted by molar-refractivity contribution is 14.1. The van der Waals surface area contributed by atoms with Crippen molar-refractivity contribution in [1.29, 1.82) is 0 Å². The normalized spacial score (nSPS) is 11.0. The Morgan fingerprint density at radius 3 is 3.20 bits per heavy atom. The first-order valence-corrected chi connectivity index (χ1v) is 3.95. The third kappa shape index (κ3) is 0.749. The van der Waals surface area contributed by atoms with E-state index < -0.39 is 0 Å². The van der Waals surface area contributed by atoms with E-state index in [0.29, 0.717) is 0 Å². The van der Waals surface area contributed by atoms with Crippen molar-refractivity contribution in [2.45, 2.75) is 6.92 Å². The summed E-state index contributed by atoms with van der Waals surface area (Å²) in [7, 11) is 0. The van der Waals surface area contributed by atoms with Crippen molar-refractivity contribution in [3.8, 4) is 0 Å². The van der Waals surface area contributed by atoms with Crippen LogP contribution in [0.5, 0.6) is 0 Å². The van der Waals surface area contributed by atoms with Crippen LogP contribution in [0.1, 0.15) is 5.69 Å². The van der Waals surface area contributed by atoms with Crippen LogP contribution in [0.25, 0.3) is 11.1 Å². The molecule has 1 N–H and O–H groups in total. The number of aryl methyl sites for hydroxylation is 1. The molecule has 2 aromatic rings. The van der Waals surface area contributed by atoms with Gasteiger partial charge in [0.05, 0.1) is 5.69 Å². The third-order valence-corrected chi connectivity index (χ3v) is 1.90. The molecule has 2 rings (SSSR count). The summed E-state index contributed by atoms with van der Waals surface area (Å²) in [6.07, 6.45) is 0. The first-order chi connectivity index (χ1) is 4.77. The molecule has 0 fully saturated rings. The van der Waals surface area contributed by atoms with Crippen molar-refractivity contribution in [2.24, 2.45) is 0 Å². The molecule has 0 spiro atoms. The van der Waals surface area contributed by atoms with E-state index in [-0.39, 0.29) is 0 Å². The fourth-order valence-electron chi connectivity index (χ4n) is 0.899. The molecule has 0 saturated heterocycles. The van der Waals surface area contributed by atoms with Gasteiger partial charge in [0.1, 0.15) is 5.52 Å². The number of hydrogen-bond donors (Lipinski definition) is 1. The minimum atomic E-state index is 0.865. The summed E-state index contributed by atoms with van der Waals surface area (Å²) in [6, 6.07) is 1.90. The first kappa shape index (κ1) is 6.21. The van der Waals surface area contributed by atoms with Crippen LogP contribution < -0.4 is 0 Å². The number of H-pyrrole nitrogens is 1. The Morgan fingerprint density at radius 2 is 2.50 bits per heavy atom. The van der Waals surface area contributed by atoms with Gasteiger partial charge >= 0.3 is 0 Å². The van der Waals surface area contributed by atoms with E-state index in [4.69, 9.17) is 4.42 Å². The van der Waals surface area contributed by atoms with Crippen LogP contribution in [0.15, 0.2) is 10.5 Å². The smallest absolute Gasteiger partial charge is 0.176 e. The zero-order valence-electron chi connectivity index (χ0n) is 5.31. The van der Waals surface area contributed by atoms with Crippen molar-refractivity contribution >= 4 is 33.7 Å². The highest BCUT2D eigenvalue weighted by atomic mass is 127. The summed E-state index contributed by atoms with van der Waals surface area (Å²) in [4.78, 5) is 0. The van der Waals surface area contributed by atoms with Crippen molar-refractivity contribution in [3.05, 3.63) is 15.5 Å². The lowest BCUT2D eigenvalue weighted by atomic mass is 10.4. The van der Waals surface area contributed by atoms with Gasteiger partial charge in [-0.25, -0.2) is 0 Å². The van der Waals surface area contributed by atoms with Crippen LogP contribution >= 0.6 is 22.6 Å². The Balaban J connectivity index is 2.90. The van der Waals surface area contributed by atoms with Gasteiger partial charge in [-0.05, 0) is 29.5 Å². The summed E-state index contributed by atoms with van der Waals surface area (Å²) in [5.74, 6) is 0. The maximum Gasteiger partial charge on any atom is 0.176 e. The largest absolute Gasteiger partial charge is 0.447 e. The summed E-state index contributed by atoms with van der Waals surface area (Å²) in [5.41, 5.74) is 2.75. The van der Waals surface area contributed by atoms with Gasteiger partial charge in [-0.2, -0.15) is 5.10 Å². The predicted molar refractivity (Wildman–Crippen MR) is 45.8 cm³/mol. The molecule has 4 heteroatoms. The molecule has 10 heavy (non-hydrogen) atoms. The van der Waals surface area contributed by atoms with E-state index in [1.807, 2.05) is 13.0 Å². The van der Waals surface area contributed by atoms with Crippen LogP contribution in [-0.2, 0) is 0 Å². The Labute approximate surface area is 70.9 Å². The lowest BCUT2D eigenvalue weighted by molar-refractivity contribution is 0.581. The van der Waals surface area contributed by atoms with Gasteiger partial charge in [-0.3, -0.25) is 5.10 Å². The van der Waals surface area contributed by atoms with Crippen molar-refractivity contribution in [2.75, 3.05) is 0 Å². The standard InChI is InChI=1S/C6H5IN2O/c1-3-6-4(9-8-3)2-5(7)10-6/h2H,1H3,(H,8,9). The highest BCUT2D eigenvalue weighted by Gasteiger charge is 2.05. The molecular weight excluding hydrogens is 243 g/mol. The maximum absolute atomic E-state index is 5.33. The van der Waals surface area contributed by atoms with Crippen LogP contribution in [0.2, 0.25) is 0 Å². The zero-order chi connectivity index (χ0) is 7.14. The molecule has 2 aromatic heterocycles. The van der Waals surface area contributed by atoms with Gasteiger partial charge in [0.25, 0.3) is 0 Å². The van der Waals surface area contributed by atoms with Crippen LogP contribution in [0.3, 0.4) is 0 Å². The third-order valence-electron chi connectivity index (χ3n) is 1.37. The number of furan rings is 1. The number of nitrogens with one attached hydrogen (secondary N) is 1. The van der Waals surface area contributed by atoms with Crippen molar-refractivity contribution in [1.82, 2.24) is 10.2 Å². The van der Waals surface area contributed by atoms with E-state index in [9.17, 15) is 0 Å². The minimum absolute atomic E-state index is 0.865. The first-order valence-electron chi connectivity index (χ1n) is 2.87. The van der Waals surface area contributed by atoms with Crippen molar-refractivity contribution < 1.29 is 4.42 Å². The zero-order valence-corrected chi connectivity index (χ0v) is 7.47. The van der Waals surface area contributed by atoms with Gasteiger partial charge in [0, 0.05) is 6.07 Å². The minimum Gasteiger partial charge on any atom is -0.447 e. The molecule has 0 aliphatic heterocycles. The van der Waals surface area contributed by atoms with Crippen LogP contribution in [-0.4, -0.2) is 10.2 Å². The monoisotopic (exact) mass is 248 g/mol. The number of fused-ring (bicyclic) bond motifs is 1. The average molecular weight is 248 g/mol. The molecule has 0 saturated carbocycles. The molecule has 0 aliphatic carbocycles. The summed E-state index contributed by atoms with van der Waals surface area (Å²) < 4.78 is 6.21.